The number of aromatic nitrogens is 3. The standard InChI is InChI=1S/C16H22N4O2S/c1-16(2,3)13-4-6-15(7-5-13)23(21,22)19-10-8-14(12-19)20-11-9-17-18-20/h4-7,9,11,14H,8,10,12H2,1-3H3. The van der Waals surface area contributed by atoms with Crippen molar-refractivity contribution in [2.45, 2.75) is 43.5 Å². The molecule has 0 spiro atoms. The fraction of sp³-hybridized carbons (Fsp3) is 0.500. The molecule has 0 bridgehead atoms. The zero-order chi connectivity index (χ0) is 16.7. The van der Waals surface area contributed by atoms with Gasteiger partial charge in [0.25, 0.3) is 0 Å². The zero-order valence-corrected chi connectivity index (χ0v) is 14.5. The molecule has 1 saturated heterocycles. The SMILES string of the molecule is CC(C)(C)c1ccc(S(=O)(=O)N2CCC(n3ccnn3)C2)cc1. The van der Waals surface area contributed by atoms with E-state index in [0.717, 1.165) is 12.0 Å². The van der Waals surface area contributed by atoms with Crippen molar-refractivity contribution >= 4 is 10.0 Å². The van der Waals surface area contributed by atoms with Gasteiger partial charge in [0.2, 0.25) is 10.0 Å². The van der Waals surface area contributed by atoms with Gasteiger partial charge in [0, 0.05) is 19.3 Å². The van der Waals surface area contributed by atoms with Crippen LogP contribution in [-0.4, -0.2) is 40.8 Å². The first kappa shape index (κ1) is 16.1. The molecule has 3 rings (SSSR count). The average molecular weight is 334 g/mol. The summed E-state index contributed by atoms with van der Waals surface area (Å²) in [5.41, 5.74) is 1.13. The second-order valence-electron chi connectivity index (χ2n) is 6.96. The Morgan fingerprint density at radius 2 is 1.87 bits per heavy atom. The lowest BCUT2D eigenvalue weighted by molar-refractivity contribution is 0.428. The Bertz CT molecular complexity index is 761. The number of hydrogen-bond donors (Lipinski definition) is 0. The van der Waals surface area contributed by atoms with Crippen molar-refractivity contribution in [2.75, 3.05) is 13.1 Å². The van der Waals surface area contributed by atoms with Gasteiger partial charge in [-0.2, -0.15) is 4.31 Å². The van der Waals surface area contributed by atoms with E-state index in [9.17, 15) is 8.42 Å². The second-order valence-corrected chi connectivity index (χ2v) is 8.90. The quantitative estimate of drug-likeness (QED) is 0.863. The molecule has 1 unspecified atom stereocenters. The lowest BCUT2D eigenvalue weighted by Gasteiger charge is -2.20. The topological polar surface area (TPSA) is 68.1 Å². The van der Waals surface area contributed by atoms with Gasteiger partial charge in [-0.3, -0.25) is 0 Å². The summed E-state index contributed by atoms with van der Waals surface area (Å²) < 4.78 is 28.8. The molecule has 0 radical (unpaired) electrons. The zero-order valence-electron chi connectivity index (χ0n) is 13.7. The van der Waals surface area contributed by atoms with Crippen molar-refractivity contribution < 1.29 is 8.42 Å². The predicted octanol–water partition coefficient (Wildman–Crippen LogP) is 2.21. The molecule has 23 heavy (non-hydrogen) atoms. The van der Waals surface area contributed by atoms with Gasteiger partial charge in [-0.15, -0.1) is 5.10 Å². The number of nitrogens with zero attached hydrogens (tertiary/aromatic N) is 4. The summed E-state index contributed by atoms with van der Waals surface area (Å²) in [4.78, 5) is 0.352. The first-order valence-corrected chi connectivity index (χ1v) is 9.19. The summed E-state index contributed by atoms with van der Waals surface area (Å²) in [7, 11) is -3.45. The van der Waals surface area contributed by atoms with E-state index in [4.69, 9.17) is 0 Å². The molecule has 1 aliphatic heterocycles. The largest absolute Gasteiger partial charge is 0.248 e. The average Bonchev–Trinajstić information content (AvgIpc) is 3.17. The number of hydrogen-bond acceptors (Lipinski definition) is 4. The maximum atomic E-state index is 12.8. The van der Waals surface area contributed by atoms with Crippen molar-refractivity contribution in [3.8, 4) is 0 Å². The minimum absolute atomic E-state index is 0.00806. The van der Waals surface area contributed by atoms with Crippen LogP contribution in [0.4, 0.5) is 0 Å². The van der Waals surface area contributed by atoms with Gasteiger partial charge in [0.05, 0.1) is 17.1 Å². The van der Waals surface area contributed by atoms with Crippen molar-refractivity contribution in [2.24, 2.45) is 0 Å². The van der Waals surface area contributed by atoms with Gasteiger partial charge >= 0.3 is 0 Å². The molecule has 1 aliphatic rings. The summed E-state index contributed by atoms with van der Waals surface area (Å²) in [6, 6.07) is 7.27. The van der Waals surface area contributed by atoms with Crippen LogP contribution in [-0.2, 0) is 15.4 Å². The minimum Gasteiger partial charge on any atom is -0.248 e. The summed E-state index contributed by atoms with van der Waals surface area (Å²) in [6.07, 6.45) is 4.14. The molecule has 124 valence electrons. The molecule has 1 aromatic heterocycles. The molecule has 1 atom stereocenters. The van der Waals surface area contributed by atoms with Crippen LogP contribution in [0.3, 0.4) is 0 Å². The summed E-state index contributed by atoms with van der Waals surface area (Å²) in [6.45, 7) is 7.28. The number of rotatable bonds is 3. The van der Waals surface area contributed by atoms with E-state index in [0.29, 0.717) is 18.0 Å². The molecule has 1 aromatic carbocycles. The first-order valence-electron chi connectivity index (χ1n) is 7.75. The highest BCUT2D eigenvalue weighted by Gasteiger charge is 2.33. The molecule has 0 saturated carbocycles. The lowest BCUT2D eigenvalue weighted by Crippen LogP contribution is -2.29. The highest BCUT2D eigenvalue weighted by Crippen LogP contribution is 2.28. The number of benzene rings is 1. The Morgan fingerprint density at radius 1 is 1.17 bits per heavy atom. The molecule has 2 aromatic rings. The monoisotopic (exact) mass is 334 g/mol. The molecule has 0 aliphatic carbocycles. The van der Waals surface area contributed by atoms with E-state index >= 15 is 0 Å². The van der Waals surface area contributed by atoms with Crippen molar-refractivity contribution in [1.29, 1.82) is 0 Å². The van der Waals surface area contributed by atoms with E-state index in [-0.39, 0.29) is 11.5 Å². The molecule has 0 N–H and O–H groups in total. The highest BCUT2D eigenvalue weighted by molar-refractivity contribution is 7.89. The summed E-state index contributed by atoms with van der Waals surface area (Å²) in [5, 5.41) is 7.76. The van der Waals surface area contributed by atoms with Gasteiger partial charge < -0.3 is 0 Å². The van der Waals surface area contributed by atoms with Gasteiger partial charge in [-0.05, 0) is 29.5 Å². The fourth-order valence-electron chi connectivity index (χ4n) is 2.83. The maximum absolute atomic E-state index is 12.8. The van der Waals surface area contributed by atoms with Crippen LogP contribution in [0.5, 0.6) is 0 Å². The highest BCUT2D eigenvalue weighted by atomic mass is 32.2. The van der Waals surface area contributed by atoms with Gasteiger partial charge in [-0.1, -0.05) is 38.1 Å². The van der Waals surface area contributed by atoms with E-state index in [2.05, 4.69) is 31.1 Å². The Labute approximate surface area is 137 Å². The van der Waals surface area contributed by atoms with Gasteiger partial charge in [-0.25, -0.2) is 13.1 Å². The molecular formula is C16H22N4O2S. The Morgan fingerprint density at radius 3 is 2.43 bits per heavy atom. The molecule has 1 fully saturated rings. The number of sulfonamides is 1. The predicted molar refractivity (Wildman–Crippen MR) is 87.6 cm³/mol. The van der Waals surface area contributed by atoms with Crippen LogP contribution in [0.25, 0.3) is 0 Å². The third-order valence-electron chi connectivity index (χ3n) is 4.30. The molecule has 7 heteroatoms. The lowest BCUT2D eigenvalue weighted by atomic mass is 9.87. The van der Waals surface area contributed by atoms with Crippen LogP contribution >= 0.6 is 0 Å². The smallest absolute Gasteiger partial charge is 0.243 e. The Hall–Kier alpha value is -1.73. The Balaban J connectivity index is 1.79. The van der Waals surface area contributed by atoms with Crippen molar-refractivity contribution in [3.63, 3.8) is 0 Å². The minimum atomic E-state index is -3.45. The van der Waals surface area contributed by atoms with Crippen LogP contribution in [0.15, 0.2) is 41.6 Å². The molecule has 2 heterocycles. The molecule has 6 nitrogen and oxygen atoms in total. The van der Waals surface area contributed by atoms with E-state index in [1.807, 2.05) is 12.1 Å². The summed E-state index contributed by atoms with van der Waals surface area (Å²) in [5.74, 6) is 0. The Kier molecular flexibility index (Phi) is 4.01. The maximum Gasteiger partial charge on any atom is 0.243 e. The fourth-order valence-corrected chi connectivity index (χ4v) is 4.33. The van der Waals surface area contributed by atoms with E-state index in [1.54, 1.807) is 29.2 Å². The normalized spacial score (nSPS) is 20.0. The van der Waals surface area contributed by atoms with Crippen LogP contribution < -0.4 is 0 Å². The summed E-state index contributed by atoms with van der Waals surface area (Å²) >= 11 is 0. The second kappa shape index (κ2) is 5.72. The van der Waals surface area contributed by atoms with Crippen molar-refractivity contribution in [1.82, 2.24) is 19.3 Å². The van der Waals surface area contributed by atoms with E-state index < -0.39 is 10.0 Å². The van der Waals surface area contributed by atoms with Crippen molar-refractivity contribution in [3.05, 3.63) is 42.2 Å². The molecule has 0 amide bonds. The molecular weight excluding hydrogens is 312 g/mol. The van der Waals surface area contributed by atoms with Crippen LogP contribution in [0.2, 0.25) is 0 Å². The third-order valence-corrected chi connectivity index (χ3v) is 6.18. The third kappa shape index (κ3) is 3.16. The van der Waals surface area contributed by atoms with Gasteiger partial charge in [0.1, 0.15) is 0 Å². The first-order chi connectivity index (χ1) is 10.8. The van der Waals surface area contributed by atoms with Crippen LogP contribution in [0.1, 0.15) is 38.8 Å². The van der Waals surface area contributed by atoms with Crippen LogP contribution in [0, 0.1) is 0 Å². The van der Waals surface area contributed by atoms with E-state index in [1.165, 1.54) is 4.31 Å². The van der Waals surface area contributed by atoms with Gasteiger partial charge in [0.15, 0.2) is 0 Å².